The van der Waals surface area contributed by atoms with Crippen molar-refractivity contribution in [3.8, 4) is 5.75 Å². The number of hydrogen-bond acceptors (Lipinski definition) is 4. The van der Waals surface area contributed by atoms with Crippen LogP contribution >= 0.6 is 23.2 Å². The molecule has 0 fully saturated rings. The number of hydrogen-bond donors (Lipinski definition) is 1. The number of ether oxygens (including phenoxy) is 1. The molecule has 0 saturated carbocycles. The van der Waals surface area contributed by atoms with Gasteiger partial charge in [0.15, 0.2) is 0 Å². The molecule has 0 saturated heterocycles. The molecular formula is C15H14Cl2N2O3S. The van der Waals surface area contributed by atoms with Crippen molar-refractivity contribution < 1.29 is 13.2 Å². The molecule has 1 aliphatic heterocycles. The molecule has 0 atom stereocenters. The van der Waals surface area contributed by atoms with Crippen molar-refractivity contribution in [1.29, 1.82) is 0 Å². The third-order valence-electron chi connectivity index (χ3n) is 3.45. The van der Waals surface area contributed by atoms with Gasteiger partial charge in [-0.15, -0.1) is 0 Å². The Bertz CT molecular complexity index is 836. The predicted molar refractivity (Wildman–Crippen MR) is 92.5 cm³/mol. The van der Waals surface area contributed by atoms with E-state index in [0.29, 0.717) is 34.6 Å². The second kappa shape index (κ2) is 6.11. The molecule has 23 heavy (non-hydrogen) atoms. The van der Waals surface area contributed by atoms with E-state index in [1.54, 1.807) is 12.1 Å². The summed E-state index contributed by atoms with van der Waals surface area (Å²) < 4.78 is 33.1. The molecule has 5 nitrogen and oxygen atoms in total. The van der Waals surface area contributed by atoms with E-state index in [1.165, 1.54) is 24.3 Å². The normalized spacial score (nSPS) is 14.1. The number of nitrogens with zero attached hydrogens (tertiary/aromatic N) is 1. The highest BCUT2D eigenvalue weighted by Crippen LogP contribution is 2.33. The van der Waals surface area contributed by atoms with E-state index in [9.17, 15) is 8.42 Å². The minimum atomic E-state index is -3.75. The third-order valence-corrected chi connectivity index (χ3v) is 5.27. The fourth-order valence-corrected chi connectivity index (χ4v) is 3.91. The van der Waals surface area contributed by atoms with Gasteiger partial charge in [-0.05, 0) is 36.4 Å². The quantitative estimate of drug-likeness (QED) is 0.893. The summed E-state index contributed by atoms with van der Waals surface area (Å²) in [6, 6.07) is 9.28. The van der Waals surface area contributed by atoms with Crippen molar-refractivity contribution >= 4 is 44.6 Å². The average Bonchev–Trinajstić information content (AvgIpc) is 2.45. The summed E-state index contributed by atoms with van der Waals surface area (Å²) in [5, 5.41) is 0.711. The van der Waals surface area contributed by atoms with Crippen LogP contribution in [0.15, 0.2) is 41.3 Å². The lowest BCUT2D eigenvalue weighted by atomic mass is 10.2. The molecule has 0 aliphatic carbocycles. The fourth-order valence-electron chi connectivity index (χ4n) is 2.32. The number of nitrogens with one attached hydrogen (secondary N) is 1. The number of likely N-dealkylation sites (N-methyl/N-ethyl adjacent to an activating group) is 1. The summed E-state index contributed by atoms with van der Waals surface area (Å²) in [7, 11) is -1.86. The average molecular weight is 373 g/mol. The monoisotopic (exact) mass is 372 g/mol. The fraction of sp³-hybridized carbons (Fsp3) is 0.200. The molecular weight excluding hydrogens is 359 g/mol. The number of sulfonamides is 1. The summed E-state index contributed by atoms with van der Waals surface area (Å²) >= 11 is 11.8. The van der Waals surface area contributed by atoms with E-state index >= 15 is 0 Å². The Morgan fingerprint density at radius 2 is 1.83 bits per heavy atom. The Kier molecular flexibility index (Phi) is 4.31. The molecule has 1 aliphatic rings. The van der Waals surface area contributed by atoms with Gasteiger partial charge in [-0.3, -0.25) is 4.72 Å². The summed E-state index contributed by atoms with van der Waals surface area (Å²) in [5.41, 5.74) is 1.05. The molecule has 2 aromatic carbocycles. The molecule has 0 amide bonds. The molecule has 2 aromatic rings. The van der Waals surface area contributed by atoms with Gasteiger partial charge in [0.2, 0.25) is 0 Å². The first-order valence-corrected chi connectivity index (χ1v) is 9.06. The lowest BCUT2D eigenvalue weighted by Gasteiger charge is -2.28. The second-order valence-electron chi connectivity index (χ2n) is 5.16. The van der Waals surface area contributed by atoms with E-state index in [0.717, 1.165) is 5.69 Å². The van der Waals surface area contributed by atoms with Gasteiger partial charge in [0.25, 0.3) is 10.0 Å². The topological polar surface area (TPSA) is 58.6 Å². The largest absolute Gasteiger partial charge is 0.490 e. The third kappa shape index (κ3) is 3.49. The summed E-state index contributed by atoms with van der Waals surface area (Å²) in [6.45, 7) is 1.28. The Hall–Kier alpha value is -1.63. The van der Waals surface area contributed by atoms with Gasteiger partial charge >= 0.3 is 0 Å². The molecule has 0 unspecified atom stereocenters. The molecule has 0 spiro atoms. The Morgan fingerprint density at radius 1 is 1.13 bits per heavy atom. The number of halogens is 2. The van der Waals surface area contributed by atoms with E-state index in [1.807, 2.05) is 11.9 Å². The number of benzene rings is 2. The molecule has 8 heteroatoms. The minimum absolute atomic E-state index is 0.143. The van der Waals surface area contributed by atoms with Gasteiger partial charge in [0, 0.05) is 17.1 Å². The highest BCUT2D eigenvalue weighted by molar-refractivity contribution is 7.92. The van der Waals surface area contributed by atoms with Crippen LogP contribution in [0.25, 0.3) is 0 Å². The Balaban J connectivity index is 1.95. The molecule has 1 heterocycles. The Morgan fingerprint density at radius 3 is 2.52 bits per heavy atom. The zero-order valence-electron chi connectivity index (χ0n) is 12.2. The maximum Gasteiger partial charge on any atom is 0.261 e. The summed E-state index contributed by atoms with van der Waals surface area (Å²) in [4.78, 5) is 2.10. The van der Waals surface area contributed by atoms with Gasteiger partial charge in [0.1, 0.15) is 12.4 Å². The number of fused-ring (bicyclic) bond motifs is 1. The molecule has 122 valence electrons. The molecule has 0 bridgehead atoms. The van der Waals surface area contributed by atoms with E-state index in [-0.39, 0.29) is 4.90 Å². The highest BCUT2D eigenvalue weighted by atomic mass is 35.5. The van der Waals surface area contributed by atoms with E-state index < -0.39 is 10.0 Å². The number of anilines is 2. The van der Waals surface area contributed by atoms with Crippen LogP contribution in [0.5, 0.6) is 5.75 Å². The van der Waals surface area contributed by atoms with Crippen molar-refractivity contribution in [2.75, 3.05) is 29.8 Å². The maximum absolute atomic E-state index is 12.6. The van der Waals surface area contributed by atoms with Crippen LogP contribution in [0.1, 0.15) is 0 Å². The molecule has 0 radical (unpaired) electrons. The van der Waals surface area contributed by atoms with E-state index in [4.69, 9.17) is 27.9 Å². The van der Waals surface area contributed by atoms with Crippen molar-refractivity contribution in [1.82, 2.24) is 0 Å². The lowest BCUT2D eigenvalue weighted by Crippen LogP contribution is -2.29. The summed E-state index contributed by atoms with van der Waals surface area (Å²) in [5.74, 6) is 0.670. The van der Waals surface area contributed by atoms with Gasteiger partial charge < -0.3 is 9.64 Å². The maximum atomic E-state index is 12.6. The van der Waals surface area contributed by atoms with Crippen LogP contribution in [0, 0.1) is 0 Å². The second-order valence-corrected chi connectivity index (χ2v) is 7.72. The number of rotatable bonds is 3. The lowest BCUT2D eigenvalue weighted by molar-refractivity contribution is 0.311. The van der Waals surface area contributed by atoms with Crippen molar-refractivity contribution in [2.45, 2.75) is 4.90 Å². The van der Waals surface area contributed by atoms with Crippen LogP contribution in [0.3, 0.4) is 0 Å². The molecule has 3 rings (SSSR count). The van der Waals surface area contributed by atoms with Gasteiger partial charge in [-0.1, -0.05) is 23.2 Å². The van der Waals surface area contributed by atoms with Gasteiger partial charge in [-0.2, -0.15) is 0 Å². The van der Waals surface area contributed by atoms with E-state index in [2.05, 4.69) is 4.72 Å². The molecule has 1 N–H and O–H groups in total. The van der Waals surface area contributed by atoms with Crippen LogP contribution < -0.4 is 14.4 Å². The Labute approximate surface area is 144 Å². The standard InChI is InChI=1S/C15H14Cl2N2O3S/c1-19-4-5-22-15-3-2-13(9-14(15)19)23(20,21)18-12-7-10(16)6-11(17)8-12/h2-3,6-9,18H,4-5H2,1H3. The first-order chi connectivity index (χ1) is 10.8. The summed E-state index contributed by atoms with van der Waals surface area (Å²) in [6.07, 6.45) is 0. The van der Waals surface area contributed by atoms with Crippen LogP contribution in [-0.2, 0) is 10.0 Å². The first-order valence-electron chi connectivity index (χ1n) is 6.82. The van der Waals surface area contributed by atoms with Gasteiger partial charge in [0.05, 0.1) is 22.8 Å². The van der Waals surface area contributed by atoms with Crippen molar-refractivity contribution in [3.05, 3.63) is 46.4 Å². The minimum Gasteiger partial charge on any atom is -0.490 e. The smallest absolute Gasteiger partial charge is 0.261 e. The highest BCUT2D eigenvalue weighted by Gasteiger charge is 2.21. The SMILES string of the molecule is CN1CCOc2ccc(S(=O)(=O)Nc3cc(Cl)cc(Cl)c3)cc21. The first kappa shape index (κ1) is 16.2. The van der Waals surface area contributed by atoms with Crippen LogP contribution in [-0.4, -0.2) is 28.6 Å². The molecule has 0 aromatic heterocycles. The zero-order chi connectivity index (χ0) is 16.6. The van der Waals surface area contributed by atoms with Crippen molar-refractivity contribution in [2.24, 2.45) is 0 Å². The predicted octanol–water partition coefficient (Wildman–Crippen LogP) is 3.62. The van der Waals surface area contributed by atoms with Crippen LogP contribution in [0.4, 0.5) is 11.4 Å². The zero-order valence-corrected chi connectivity index (χ0v) is 14.5. The van der Waals surface area contributed by atoms with Gasteiger partial charge in [-0.25, -0.2) is 8.42 Å². The van der Waals surface area contributed by atoms with Crippen LogP contribution in [0.2, 0.25) is 10.0 Å². The van der Waals surface area contributed by atoms with Crippen molar-refractivity contribution in [3.63, 3.8) is 0 Å².